The molecular weight excluding hydrogens is 328 g/mol. The molecule has 2 aromatic rings. The Labute approximate surface area is 143 Å². The fourth-order valence-corrected chi connectivity index (χ4v) is 3.35. The number of hydrogen-bond acceptors (Lipinski definition) is 4. The third-order valence-electron chi connectivity index (χ3n) is 4.65. The van der Waals surface area contributed by atoms with E-state index in [-0.39, 0.29) is 17.7 Å². The quantitative estimate of drug-likeness (QED) is 0.794. The third kappa shape index (κ3) is 3.15. The molecule has 130 valence electrons. The Hall–Kier alpha value is -2.31. The summed E-state index contributed by atoms with van der Waals surface area (Å²) >= 11 is 0. The molecule has 4 nitrogen and oxygen atoms in total. The van der Waals surface area contributed by atoms with E-state index in [1.807, 2.05) is 6.07 Å². The Morgan fingerprint density at radius 1 is 1.12 bits per heavy atom. The van der Waals surface area contributed by atoms with E-state index >= 15 is 0 Å². The molecule has 0 aliphatic carbocycles. The van der Waals surface area contributed by atoms with Gasteiger partial charge in [0, 0.05) is 12.1 Å². The zero-order chi connectivity index (χ0) is 17.4. The highest BCUT2D eigenvalue weighted by molar-refractivity contribution is 5.89. The van der Waals surface area contributed by atoms with Crippen molar-refractivity contribution in [3.8, 4) is 0 Å². The number of carbonyl (C=O) groups is 1. The lowest BCUT2D eigenvalue weighted by atomic mass is 10.0. The number of hydrogen-bond donors (Lipinski definition) is 0. The molecule has 0 bridgehead atoms. The number of halogens is 2. The highest BCUT2D eigenvalue weighted by Gasteiger charge is 2.51. The van der Waals surface area contributed by atoms with Gasteiger partial charge in [-0.2, -0.15) is 0 Å². The van der Waals surface area contributed by atoms with Crippen LogP contribution in [0.4, 0.5) is 8.78 Å². The predicted octanol–water partition coefficient (Wildman–Crippen LogP) is 3.64. The molecule has 2 aliphatic rings. The average Bonchev–Trinajstić information content (AvgIpc) is 3.28. The van der Waals surface area contributed by atoms with Crippen LogP contribution in [0.15, 0.2) is 48.5 Å². The summed E-state index contributed by atoms with van der Waals surface area (Å²) in [6.07, 6.45) is 0.824. The summed E-state index contributed by atoms with van der Waals surface area (Å²) in [7, 11) is 0. The number of carbonyl (C=O) groups excluding carboxylic acids is 1. The Morgan fingerprint density at radius 3 is 2.72 bits per heavy atom. The molecule has 0 amide bonds. The van der Waals surface area contributed by atoms with Gasteiger partial charge in [0.1, 0.15) is 12.2 Å². The molecule has 0 N–H and O–H groups in total. The molecule has 0 radical (unpaired) electrons. The molecule has 4 rings (SSSR count). The fourth-order valence-electron chi connectivity index (χ4n) is 3.35. The standard InChI is InChI=1S/C19H17F2NO3/c20-14-9-4-8-13(16(14)21)17-18(24-17)15-10-5-11-22(15)25-19(23)12-6-2-1-3-7-12/h1-4,6-9,15,17-18H,5,10-11H2/t15-,17-,18-/m1/s1. The van der Waals surface area contributed by atoms with Crippen molar-refractivity contribution in [3.63, 3.8) is 0 Å². The second-order valence-electron chi connectivity index (χ2n) is 6.26. The van der Waals surface area contributed by atoms with Crippen molar-refractivity contribution in [3.05, 3.63) is 71.3 Å². The lowest BCUT2D eigenvalue weighted by Gasteiger charge is -2.21. The minimum Gasteiger partial charge on any atom is -0.364 e. The average molecular weight is 345 g/mol. The van der Waals surface area contributed by atoms with Crippen molar-refractivity contribution in [2.75, 3.05) is 6.54 Å². The van der Waals surface area contributed by atoms with Crippen LogP contribution in [-0.4, -0.2) is 29.7 Å². The summed E-state index contributed by atoms with van der Waals surface area (Å²) in [6.45, 7) is 0.599. The van der Waals surface area contributed by atoms with Gasteiger partial charge in [-0.1, -0.05) is 30.3 Å². The molecule has 6 heteroatoms. The number of hydroxylamine groups is 2. The van der Waals surface area contributed by atoms with Crippen molar-refractivity contribution in [1.29, 1.82) is 0 Å². The number of rotatable bonds is 4. The van der Waals surface area contributed by atoms with E-state index in [0.717, 1.165) is 18.9 Å². The Morgan fingerprint density at radius 2 is 1.92 bits per heavy atom. The number of benzene rings is 2. The van der Waals surface area contributed by atoms with Crippen molar-refractivity contribution < 1.29 is 23.1 Å². The zero-order valence-corrected chi connectivity index (χ0v) is 13.4. The first-order valence-corrected chi connectivity index (χ1v) is 8.28. The largest absolute Gasteiger partial charge is 0.364 e. The zero-order valence-electron chi connectivity index (χ0n) is 13.4. The van der Waals surface area contributed by atoms with E-state index in [1.54, 1.807) is 29.3 Å². The maximum atomic E-state index is 13.9. The number of ether oxygens (including phenoxy) is 1. The van der Waals surface area contributed by atoms with Gasteiger partial charge in [0.2, 0.25) is 0 Å². The van der Waals surface area contributed by atoms with Crippen molar-refractivity contribution >= 4 is 5.97 Å². The van der Waals surface area contributed by atoms with Gasteiger partial charge in [0.15, 0.2) is 11.6 Å². The van der Waals surface area contributed by atoms with E-state index in [2.05, 4.69) is 0 Å². The normalized spacial score (nSPS) is 25.8. The van der Waals surface area contributed by atoms with E-state index < -0.39 is 23.7 Å². The maximum Gasteiger partial charge on any atom is 0.357 e. The molecule has 0 aromatic heterocycles. The second kappa shape index (κ2) is 6.54. The van der Waals surface area contributed by atoms with Gasteiger partial charge < -0.3 is 9.57 Å². The Kier molecular flexibility index (Phi) is 4.23. The van der Waals surface area contributed by atoms with Crippen molar-refractivity contribution in [2.45, 2.75) is 31.1 Å². The van der Waals surface area contributed by atoms with Crippen LogP contribution in [0, 0.1) is 11.6 Å². The van der Waals surface area contributed by atoms with E-state index in [4.69, 9.17) is 9.57 Å². The molecule has 2 aromatic carbocycles. The molecule has 2 aliphatic heterocycles. The first-order chi connectivity index (χ1) is 12.1. The molecule has 2 saturated heterocycles. The maximum absolute atomic E-state index is 13.9. The third-order valence-corrected chi connectivity index (χ3v) is 4.65. The van der Waals surface area contributed by atoms with Gasteiger partial charge in [-0.3, -0.25) is 0 Å². The highest BCUT2D eigenvalue weighted by atomic mass is 19.2. The summed E-state index contributed by atoms with van der Waals surface area (Å²) in [5.41, 5.74) is 0.684. The van der Waals surface area contributed by atoms with E-state index in [1.165, 1.54) is 12.1 Å². The van der Waals surface area contributed by atoms with Crippen LogP contribution in [0.2, 0.25) is 0 Å². The lowest BCUT2D eigenvalue weighted by molar-refractivity contribution is -0.123. The molecule has 2 fully saturated rings. The summed E-state index contributed by atoms with van der Waals surface area (Å²) in [5, 5.41) is 1.61. The van der Waals surface area contributed by atoms with Gasteiger partial charge in [0.25, 0.3) is 0 Å². The van der Waals surface area contributed by atoms with Gasteiger partial charge in [-0.15, -0.1) is 5.06 Å². The molecular formula is C19H17F2NO3. The highest BCUT2D eigenvalue weighted by Crippen LogP contribution is 2.46. The van der Waals surface area contributed by atoms with Crippen LogP contribution in [0.25, 0.3) is 0 Å². The van der Waals surface area contributed by atoms with Crippen LogP contribution in [0.3, 0.4) is 0 Å². The smallest absolute Gasteiger partial charge is 0.357 e. The van der Waals surface area contributed by atoms with Gasteiger partial charge in [0.05, 0.1) is 11.6 Å². The molecule has 0 spiro atoms. The van der Waals surface area contributed by atoms with Crippen LogP contribution in [0.1, 0.15) is 34.9 Å². The van der Waals surface area contributed by atoms with Crippen LogP contribution in [-0.2, 0) is 9.57 Å². The van der Waals surface area contributed by atoms with E-state index in [9.17, 15) is 13.6 Å². The van der Waals surface area contributed by atoms with E-state index in [0.29, 0.717) is 12.1 Å². The summed E-state index contributed by atoms with van der Waals surface area (Å²) in [4.78, 5) is 17.7. The second-order valence-corrected chi connectivity index (χ2v) is 6.26. The SMILES string of the molecule is O=C(ON1CCC[C@@H]1[C@H]1O[C@@H]1c1cccc(F)c1F)c1ccccc1. The summed E-state index contributed by atoms with van der Waals surface area (Å²) in [6, 6.07) is 12.7. The Balaban J connectivity index is 1.44. The molecule has 0 saturated carbocycles. The monoisotopic (exact) mass is 345 g/mol. The molecule has 25 heavy (non-hydrogen) atoms. The molecule has 0 unspecified atom stereocenters. The summed E-state index contributed by atoms with van der Waals surface area (Å²) < 4.78 is 32.9. The van der Waals surface area contributed by atoms with Crippen LogP contribution in [0.5, 0.6) is 0 Å². The minimum absolute atomic E-state index is 0.152. The predicted molar refractivity (Wildman–Crippen MR) is 85.6 cm³/mol. The molecule has 2 heterocycles. The van der Waals surface area contributed by atoms with Gasteiger partial charge in [-0.05, 0) is 31.0 Å². The van der Waals surface area contributed by atoms with Crippen molar-refractivity contribution in [2.24, 2.45) is 0 Å². The summed E-state index contributed by atoms with van der Waals surface area (Å²) in [5.74, 6) is -2.19. The van der Waals surface area contributed by atoms with Gasteiger partial charge in [-0.25, -0.2) is 13.6 Å². The van der Waals surface area contributed by atoms with Gasteiger partial charge >= 0.3 is 5.97 Å². The Bertz CT molecular complexity index is 783. The van der Waals surface area contributed by atoms with Crippen LogP contribution >= 0.6 is 0 Å². The number of epoxide rings is 1. The van der Waals surface area contributed by atoms with Crippen molar-refractivity contribution in [1.82, 2.24) is 5.06 Å². The topological polar surface area (TPSA) is 42.1 Å². The first-order valence-electron chi connectivity index (χ1n) is 8.28. The lowest BCUT2D eigenvalue weighted by Crippen LogP contribution is -2.36. The van der Waals surface area contributed by atoms with Crippen LogP contribution < -0.4 is 0 Å². The minimum atomic E-state index is -0.884. The molecule has 3 atom stereocenters. The number of nitrogens with zero attached hydrogens (tertiary/aromatic N) is 1. The first kappa shape index (κ1) is 16.2. The fraction of sp³-hybridized carbons (Fsp3) is 0.316.